The molecule has 4 N–H and O–H groups in total. The molecule has 1 heterocycles. The molecule has 7 heteroatoms. The van der Waals surface area contributed by atoms with E-state index < -0.39 is 6.10 Å². The number of fused-ring (bicyclic) bond motifs is 1. The SMILES string of the molecule is CCCCOc1ccc(CCNCC(O)COc2cccc3[nH]ncc23)cc1O. The molecular weight excluding hydrogens is 370 g/mol. The van der Waals surface area contributed by atoms with E-state index >= 15 is 0 Å². The maximum absolute atomic E-state index is 10.1. The van der Waals surface area contributed by atoms with E-state index in [2.05, 4.69) is 22.4 Å². The van der Waals surface area contributed by atoms with Gasteiger partial charge in [0, 0.05) is 6.54 Å². The molecule has 1 atom stereocenters. The number of aliphatic hydroxyl groups excluding tert-OH is 1. The lowest BCUT2D eigenvalue weighted by Gasteiger charge is -2.14. The van der Waals surface area contributed by atoms with Gasteiger partial charge in [0.25, 0.3) is 0 Å². The molecule has 156 valence electrons. The summed E-state index contributed by atoms with van der Waals surface area (Å²) in [6, 6.07) is 11.2. The maximum atomic E-state index is 10.1. The number of hydrogen-bond acceptors (Lipinski definition) is 6. The van der Waals surface area contributed by atoms with Crippen LogP contribution in [0.25, 0.3) is 10.9 Å². The molecule has 3 aromatic rings. The van der Waals surface area contributed by atoms with E-state index in [0.717, 1.165) is 35.7 Å². The highest BCUT2D eigenvalue weighted by Gasteiger charge is 2.09. The fourth-order valence-electron chi connectivity index (χ4n) is 2.98. The Morgan fingerprint density at radius 1 is 1.17 bits per heavy atom. The lowest BCUT2D eigenvalue weighted by Crippen LogP contribution is -2.32. The Labute approximate surface area is 170 Å². The normalized spacial score (nSPS) is 12.2. The van der Waals surface area contributed by atoms with Crippen LogP contribution in [0, 0.1) is 0 Å². The fourth-order valence-corrected chi connectivity index (χ4v) is 2.98. The lowest BCUT2D eigenvalue weighted by atomic mass is 10.1. The molecule has 29 heavy (non-hydrogen) atoms. The first kappa shape index (κ1) is 21.0. The third-order valence-corrected chi connectivity index (χ3v) is 4.63. The number of unbranched alkanes of at least 4 members (excludes halogenated alkanes) is 1. The fraction of sp³-hybridized carbons (Fsp3) is 0.409. The van der Waals surface area contributed by atoms with Gasteiger partial charge in [0.2, 0.25) is 0 Å². The van der Waals surface area contributed by atoms with Gasteiger partial charge in [-0.05, 0) is 49.2 Å². The zero-order valence-electron chi connectivity index (χ0n) is 16.7. The quantitative estimate of drug-likeness (QED) is 0.350. The van der Waals surface area contributed by atoms with Gasteiger partial charge < -0.3 is 25.0 Å². The Morgan fingerprint density at radius 2 is 2.07 bits per heavy atom. The molecule has 0 radical (unpaired) electrons. The second-order valence-corrected chi connectivity index (χ2v) is 7.01. The minimum absolute atomic E-state index is 0.167. The average Bonchev–Trinajstić information content (AvgIpc) is 3.21. The van der Waals surface area contributed by atoms with Crippen LogP contribution in [-0.4, -0.2) is 52.8 Å². The number of aromatic amines is 1. The van der Waals surface area contributed by atoms with Crippen LogP contribution in [0.3, 0.4) is 0 Å². The molecule has 0 saturated carbocycles. The maximum Gasteiger partial charge on any atom is 0.160 e. The van der Waals surface area contributed by atoms with Gasteiger partial charge in [-0.3, -0.25) is 5.10 Å². The van der Waals surface area contributed by atoms with Crippen molar-refractivity contribution < 1.29 is 19.7 Å². The second-order valence-electron chi connectivity index (χ2n) is 7.01. The van der Waals surface area contributed by atoms with E-state index in [1.807, 2.05) is 24.3 Å². The first-order valence-corrected chi connectivity index (χ1v) is 10.1. The first-order chi connectivity index (χ1) is 14.2. The Bertz CT molecular complexity index is 897. The molecule has 2 aromatic carbocycles. The van der Waals surface area contributed by atoms with E-state index in [1.165, 1.54) is 0 Å². The van der Waals surface area contributed by atoms with Crippen molar-refractivity contribution in [2.24, 2.45) is 0 Å². The average molecular weight is 399 g/mol. The van der Waals surface area contributed by atoms with Gasteiger partial charge in [0.05, 0.1) is 23.7 Å². The molecule has 7 nitrogen and oxygen atoms in total. The van der Waals surface area contributed by atoms with Gasteiger partial charge in [-0.1, -0.05) is 25.5 Å². The standard InChI is InChI=1S/C22H29N3O4/c1-2-3-11-28-22-8-7-16(12-20(22)27)9-10-23-13-17(26)15-29-21-6-4-5-19-18(21)14-24-25-19/h4-8,12,14,17,23,26-27H,2-3,9-11,13,15H2,1H3,(H,24,25). The Morgan fingerprint density at radius 3 is 2.90 bits per heavy atom. The monoisotopic (exact) mass is 399 g/mol. The number of phenols is 1. The number of aromatic nitrogens is 2. The van der Waals surface area contributed by atoms with Gasteiger partial charge >= 0.3 is 0 Å². The molecule has 3 rings (SSSR count). The van der Waals surface area contributed by atoms with Crippen LogP contribution in [0.2, 0.25) is 0 Å². The van der Waals surface area contributed by atoms with E-state index in [4.69, 9.17) is 9.47 Å². The highest BCUT2D eigenvalue weighted by Crippen LogP contribution is 2.27. The summed E-state index contributed by atoms with van der Waals surface area (Å²) < 4.78 is 11.3. The zero-order chi connectivity index (χ0) is 20.5. The van der Waals surface area contributed by atoms with Gasteiger partial charge in [0.15, 0.2) is 11.5 Å². The van der Waals surface area contributed by atoms with Crippen molar-refractivity contribution in [2.45, 2.75) is 32.3 Å². The number of phenolic OH excluding ortho intramolecular Hbond substituents is 1. The zero-order valence-corrected chi connectivity index (χ0v) is 16.7. The number of ether oxygens (including phenoxy) is 2. The van der Waals surface area contributed by atoms with Crippen molar-refractivity contribution in [3.05, 3.63) is 48.2 Å². The molecule has 1 unspecified atom stereocenters. The Hall–Kier alpha value is -2.77. The Kier molecular flexibility index (Phi) is 7.72. The molecule has 0 aliphatic carbocycles. The minimum Gasteiger partial charge on any atom is -0.504 e. The number of benzene rings is 2. The number of H-pyrrole nitrogens is 1. The van der Waals surface area contributed by atoms with Crippen molar-refractivity contribution in [1.82, 2.24) is 15.5 Å². The summed E-state index contributed by atoms with van der Waals surface area (Å²) in [7, 11) is 0. The number of rotatable bonds is 12. The molecule has 0 bridgehead atoms. The van der Waals surface area contributed by atoms with Crippen LogP contribution in [-0.2, 0) is 6.42 Å². The minimum atomic E-state index is -0.625. The topological polar surface area (TPSA) is 99.6 Å². The molecular formula is C22H29N3O4. The van der Waals surface area contributed by atoms with Crippen LogP contribution >= 0.6 is 0 Å². The smallest absolute Gasteiger partial charge is 0.160 e. The third-order valence-electron chi connectivity index (χ3n) is 4.63. The molecule has 0 aliphatic rings. The summed E-state index contributed by atoms with van der Waals surface area (Å²) in [6.07, 6.45) is 3.85. The summed E-state index contributed by atoms with van der Waals surface area (Å²) in [4.78, 5) is 0. The van der Waals surface area contributed by atoms with Crippen LogP contribution in [0.1, 0.15) is 25.3 Å². The van der Waals surface area contributed by atoms with Crippen molar-refractivity contribution in [2.75, 3.05) is 26.3 Å². The van der Waals surface area contributed by atoms with Crippen LogP contribution in [0.15, 0.2) is 42.6 Å². The summed E-state index contributed by atoms with van der Waals surface area (Å²) in [6.45, 7) is 4.01. The number of aromatic hydroxyl groups is 1. The van der Waals surface area contributed by atoms with Crippen LogP contribution in [0.4, 0.5) is 0 Å². The van der Waals surface area contributed by atoms with Gasteiger partial charge in [0.1, 0.15) is 18.5 Å². The number of nitrogens with zero attached hydrogens (tertiary/aromatic N) is 1. The molecule has 0 aliphatic heterocycles. The molecule has 0 saturated heterocycles. The summed E-state index contributed by atoms with van der Waals surface area (Å²) >= 11 is 0. The largest absolute Gasteiger partial charge is 0.504 e. The second kappa shape index (κ2) is 10.7. The van der Waals surface area contributed by atoms with E-state index in [0.29, 0.717) is 31.2 Å². The number of hydrogen-bond donors (Lipinski definition) is 4. The highest BCUT2D eigenvalue weighted by molar-refractivity contribution is 5.84. The molecule has 0 amide bonds. The van der Waals surface area contributed by atoms with E-state index in [9.17, 15) is 10.2 Å². The summed E-state index contributed by atoms with van der Waals surface area (Å²) in [5.41, 5.74) is 1.91. The number of aliphatic hydroxyl groups is 1. The van der Waals surface area contributed by atoms with Crippen molar-refractivity contribution in [3.8, 4) is 17.2 Å². The van der Waals surface area contributed by atoms with Gasteiger partial charge in [-0.2, -0.15) is 5.10 Å². The van der Waals surface area contributed by atoms with Crippen molar-refractivity contribution in [3.63, 3.8) is 0 Å². The van der Waals surface area contributed by atoms with Crippen LogP contribution < -0.4 is 14.8 Å². The highest BCUT2D eigenvalue weighted by atomic mass is 16.5. The first-order valence-electron chi connectivity index (χ1n) is 10.1. The molecule has 0 fully saturated rings. The summed E-state index contributed by atoms with van der Waals surface area (Å²) in [5, 5.41) is 31.2. The third kappa shape index (κ3) is 6.10. The van der Waals surface area contributed by atoms with Gasteiger partial charge in [-0.15, -0.1) is 0 Å². The van der Waals surface area contributed by atoms with E-state index in [-0.39, 0.29) is 12.4 Å². The molecule has 0 spiro atoms. The predicted octanol–water partition coefficient (Wildman–Crippen LogP) is 3.02. The van der Waals surface area contributed by atoms with Crippen molar-refractivity contribution in [1.29, 1.82) is 0 Å². The summed E-state index contributed by atoms with van der Waals surface area (Å²) in [5.74, 6) is 1.39. The Balaban J connectivity index is 1.36. The van der Waals surface area contributed by atoms with E-state index in [1.54, 1.807) is 18.3 Å². The predicted molar refractivity (Wildman–Crippen MR) is 113 cm³/mol. The lowest BCUT2D eigenvalue weighted by molar-refractivity contribution is 0.107. The van der Waals surface area contributed by atoms with Crippen molar-refractivity contribution >= 4 is 10.9 Å². The van der Waals surface area contributed by atoms with Gasteiger partial charge in [-0.25, -0.2) is 0 Å². The number of nitrogens with one attached hydrogen (secondary N) is 2. The molecule has 1 aromatic heterocycles. The van der Waals surface area contributed by atoms with Crippen LogP contribution in [0.5, 0.6) is 17.2 Å².